The van der Waals surface area contributed by atoms with Crippen molar-refractivity contribution in [2.75, 3.05) is 33.4 Å². The molecule has 4 heteroatoms. The lowest BCUT2D eigenvalue weighted by Crippen LogP contribution is -2.43. The van der Waals surface area contributed by atoms with Crippen molar-refractivity contribution >= 4 is 5.91 Å². The van der Waals surface area contributed by atoms with Gasteiger partial charge in [-0.15, -0.1) is 0 Å². The molecule has 1 amide bonds. The number of likely N-dealkylation sites (tertiary alicyclic amines) is 1. The van der Waals surface area contributed by atoms with Gasteiger partial charge in [0.2, 0.25) is 5.91 Å². The molecule has 0 radical (unpaired) electrons. The van der Waals surface area contributed by atoms with E-state index in [0.717, 1.165) is 31.7 Å². The Balaban J connectivity index is 1.79. The van der Waals surface area contributed by atoms with Gasteiger partial charge in [-0.05, 0) is 37.8 Å². The topological polar surface area (TPSA) is 41.6 Å². The first-order chi connectivity index (χ1) is 10.2. The minimum Gasteiger partial charge on any atom is -0.384 e. The van der Waals surface area contributed by atoms with Crippen LogP contribution in [-0.4, -0.2) is 44.2 Å². The van der Waals surface area contributed by atoms with Gasteiger partial charge in [-0.1, -0.05) is 30.3 Å². The lowest BCUT2D eigenvalue weighted by Gasteiger charge is -2.32. The predicted octanol–water partition coefficient (Wildman–Crippen LogP) is 2.22. The van der Waals surface area contributed by atoms with Crippen molar-refractivity contribution in [3.05, 3.63) is 35.9 Å². The van der Waals surface area contributed by atoms with Crippen LogP contribution in [0.1, 0.15) is 31.4 Å². The van der Waals surface area contributed by atoms with Gasteiger partial charge in [-0.3, -0.25) is 9.69 Å². The van der Waals surface area contributed by atoms with E-state index >= 15 is 0 Å². The highest BCUT2D eigenvalue weighted by Crippen LogP contribution is 2.16. The molecule has 2 atom stereocenters. The summed E-state index contributed by atoms with van der Waals surface area (Å²) in [6.07, 6.45) is 2.35. The monoisotopic (exact) mass is 290 g/mol. The van der Waals surface area contributed by atoms with Crippen LogP contribution in [0, 0.1) is 5.92 Å². The van der Waals surface area contributed by atoms with Gasteiger partial charge in [-0.2, -0.15) is 0 Å². The molecule has 1 aliphatic heterocycles. The lowest BCUT2D eigenvalue weighted by molar-refractivity contribution is -0.123. The first kappa shape index (κ1) is 16.0. The van der Waals surface area contributed by atoms with E-state index < -0.39 is 0 Å². The number of nitrogens with zero attached hydrogens (tertiary/aromatic N) is 1. The van der Waals surface area contributed by atoms with Gasteiger partial charge >= 0.3 is 0 Å². The van der Waals surface area contributed by atoms with Crippen LogP contribution in [0.15, 0.2) is 30.3 Å². The lowest BCUT2D eigenvalue weighted by atomic mass is 9.99. The van der Waals surface area contributed by atoms with Crippen LogP contribution in [0.3, 0.4) is 0 Å². The average Bonchev–Trinajstić information content (AvgIpc) is 2.48. The van der Waals surface area contributed by atoms with Crippen molar-refractivity contribution < 1.29 is 9.53 Å². The fourth-order valence-electron chi connectivity index (χ4n) is 2.98. The van der Waals surface area contributed by atoms with Gasteiger partial charge in [0, 0.05) is 13.7 Å². The van der Waals surface area contributed by atoms with Crippen LogP contribution in [0.25, 0.3) is 0 Å². The van der Waals surface area contributed by atoms with E-state index in [9.17, 15) is 4.79 Å². The number of benzene rings is 1. The maximum absolute atomic E-state index is 12.2. The van der Waals surface area contributed by atoms with Crippen molar-refractivity contribution in [3.63, 3.8) is 0 Å². The van der Waals surface area contributed by atoms with Crippen LogP contribution < -0.4 is 5.32 Å². The van der Waals surface area contributed by atoms with Crippen LogP contribution in [-0.2, 0) is 9.53 Å². The van der Waals surface area contributed by atoms with Gasteiger partial charge in [0.1, 0.15) is 0 Å². The van der Waals surface area contributed by atoms with E-state index in [1.807, 2.05) is 37.3 Å². The summed E-state index contributed by atoms with van der Waals surface area (Å²) in [6, 6.07) is 10.1. The number of methoxy groups -OCH3 is 1. The van der Waals surface area contributed by atoms with E-state index in [4.69, 9.17) is 4.74 Å². The Morgan fingerprint density at radius 2 is 2.19 bits per heavy atom. The summed E-state index contributed by atoms with van der Waals surface area (Å²) in [6.45, 7) is 5.27. The van der Waals surface area contributed by atoms with Crippen molar-refractivity contribution in [3.8, 4) is 0 Å². The van der Waals surface area contributed by atoms with Crippen molar-refractivity contribution in [1.82, 2.24) is 10.2 Å². The quantitative estimate of drug-likeness (QED) is 0.873. The van der Waals surface area contributed by atoms with E-state index in [2.05, 4.69) is 10.2 Å². The van der Waals surface area contributed by atoms with E-state index in [1.54, 1.807) is 7.11 Å². The third-order valence-electron chi connectivity index (χ3n) is 4.05. The fourth-order valence-corrected chi connectivity index (χ4v) is 2.98. The smallest absolute Gasteiger partial charge is 0.234 e. The molecule has 1 N–H and O–H groups in total. The fraction of sp³-hybridized carbons (Fsp3) is 0.588. The standard InChI is InChI=1S/C17H26N2O2/c1-14(16-8-4-3-5-9-16)18-17(20)12-19-10-6-7-15(11-19)13-21-2/h3-5,8-9,14-15H,6-7,10-13H2,1-2H3,(H,18,20). The molecule has 0 saturated carbocycles. The SMILES string of the molecule is COCC1CCCN(CC(=O)NC(C)c2ccccc2)C1. The summed E-state index contributed by atoms with van der Waals surface area (Å²) >= 11 is 0. The Kier molecular flexibility index (Phi) is 6.21. The highest BCUT2D eigenvalue weighted by Gasteiger charge is 2.22. The first-order valence-corrected chi connectivity index (χ1v) is 7.74. The molecule has 21 heavy (non-hydrogen) atoms. The van der Waals surface area contributed by atoms with Gasteiger partial charge in [0.25, 0.3) is 0 Å². The van der Waals surface area contributed by atoms with Gasteiger partial charge in [0.15, 0.2) is 0 Å². The zero-order valence-corrected chi connectivity index (χ0v) is 13.0. The second-order valence-corrected chi connectivity index (χ2v) is 5.90. The van der Waals surface area contributed by atoms with Crippen molar-refractivity contribution in [2.45, 2.75) is 25.8 Å². The molecule has 0 aromatic heterocycles. The Morgan fingerprint density at radius 1 is 1.43 bits per heavy atom. The molecule has 0 spiro atoms. The number of amides is 1. The molecule has 2 rings (SSSR count). The molecular formula is C17H26N2O2. The summed E-state index contributed by atoms with van der Waals surface area (Å²) in [5, 5.41) is 3.08. The molecule has 1 aliphatic rings. The van der Waals surface area contributed by atoms with E-state index in [1.165, 1.54) is 6.42 Å². The highest BCUT2D eigenvalue weighted by atomic mass is 16.5. The number of piperidine rings is 1. The largest absolute Gasteiger partial charge is 0.384 e. The zero-order valence-electron chi connectivity index (χ0n) is 13.0. The highest BCUT2D eigenvalue weighted by molar-refractivity contribution is 5.78. The number of rotatable bonds is 6. The van der Waals surface area contributed by atoms with E-state index in [0.29, 0.717) is 12.5 Å². The Labute approximate surface area is 127 Å². The molecule has 1 saturated heterocycles. The first-order valence-electron chi connectivity index (χ1n) is 7.74. The summed E-state index contributed by atoms with van der Waals surface area (Å²) < 4.78 is 5.23. The van der Waals surface area contributed by atoms with Crippen molar-refractivity contribution in [2.24, 2.45) is 5.92 Å². The molecule has 0 bridgehead atoms. The van der Waals surface area contributed by atoms with Crippen LogP contribution in [0.2, 0.25) is 0 Å². The summed E-state index contributed by atoms with van der Waals surface area (Å²) in [5.74, 6) is 0.660. The summed E-state index contributed by atoms with van der Waals surface area (Å²) in [5.41, 5.74) is 1.14. The third kappa shape index (κ3) is 5.14. The summed E-state index contributed by atoms with van der Waals surface area (Å²) in [4.78, 5) is 14.4. The number of hydrogen-bond acceptors (Lipinski definition) is 3. The third-order valence-corrected chi connectivity index (χ3v) is 4.05. The molecular weight excluding hydrogens is 264 g/mol. The number of carbonyl (C=O) groups is 1. The molecule has 1 aromatic carbocycles. The number of nitrogens with one attached hydrogen (secondary N) is 1. The maximum Gasteiger partial charge on any atom is 0.234 e. The number of carbonyl (C=O) groups excluding carboxylic acids is 1. The molecule has 116 valence electrons. The zero-order chi connectivity index (χ0) is 15.1. The van der Waals surface area contributed by atoms with Gasteiger partial charge in [-0.25, -0.2) is 0 Å². The molecule has 2 unspecified atom stereocenters. The van der Waals surface area contributed by atoms with Gasteiger partial charge < -0.3 is 10.1 Å². The minimum absolute atomic E-state index is 0.0539. The average molecular weight is 290 g/mol. The van der Waals surface area contributed by atoms with Crippen LogP contribution >= 0.6 is 0 Å². The Morgan fingerprint density at radius 3 is 2.90 bits per heavy atom. The molecule has 0 aliphatic carbocycles. The number of ether oxygens (including phenoxy) is 1. The minimum atomic E-state index is 0.0539. The van der Waals surface area contributed by atoms with E-state index in [-0.39, 0.29) is 11.9 Å². The van der Waals surface area contributed by atoms with Crippen molar-refractivity contribution in [1.29, 1.82) is 0 Å². The molecule has 1 heterocycles. The van der Waals surface area contributed by atoms with Crippen LogP contribution in [0.4, 0.5) is 0 Å². The molecule has 4 nitrogen and oxygen atoms in total. The summed E-state index contributed by atoms with van der Waals surface area (Å²) in [7, 11) is 1.74. The van der Waals surface area contributed by atoms with Gasteiger partial charge in [0.05, 0.1) is 19.2 Å². The normalized spacial score (nSPS) is 21.0. The Hall–Kier alpha value is -1.39. The maximum atomic E-state index is 12.2. The predicted molar refractivity (Wildman–Crippen MR) is 84.0 cm³/mol. The second-order valence-electron chi connectivity index (χ2n) is 5.90. The van der Waals surface area contributed by atoms with Crippen LogP contribution in [0.5, 0.6) is 0 Å². The second kappa shape index (κ2) is 8.15. The molecule has 1 aromatic rings. The number of hydrogen-bond donors (Lipinski definition) is 1. The molecule has 1 fully saturated rings. The Bertz CT molecular complexity index is 434.